The van der Waals surface area contributed by atoms with Crippen LogP contribution in [0.5, 0.6) is 0 Å². The molecular formula is C18H19N5O. The zero-order valence-electron chi connectivity index (χ0n) is 13.7. The summed E-state index contributed by atoms with van der Waals surface area (Å²) in [6, 6.07) is 11.4. The third-order valence-electron chi connectivity index (χ3n) is 3.66. The molecule has 1 atom stereocenters. The standard InChI is InChI=1S/C18H19N5O/c1-13-10-16(21-14(2)20-13)18(24)22-17(11-23-9-8-19-12-23)15-6-4-3-5-7-15/h3-10,12,17H,11H2,1-2H3,(H,22,24). The Morgan fingerprint density at radius 2 is 2.00 bits per heavy atom. The van der Waals surface area contributed by atoms with E-state index in [-0.39, 0.29) is 11.9 Å². The van der Waals surface area contributed by atoms with Gasteiger partial charge in [0.15, 0.2) is 0 Å². The maximum absolute atomic E-state index is 12.6. The van der Waals surface area contributed by atoms with Gasteiger partial charge in [-0.2, -0.15) is 0 Å². The smallest absolute Gasteiger partial charge is 0.270 e. The van der Waals surface area contributed by atoms with Crippen LogP contribution in [0.2, 0.25) is 0 Å². The van der Waals surface area contributed by atoms with Gasteiger partial charge in [-0.3, -0.25) is 4.79 Å². The number of carbonyl (C=O) groups excluding carboxylic acids is 1. The summed E-state index contributed by atoms with van der Waals surface area (Å²) in [5.74, 6) is 0.378. The largest absolute Gasteiger partial charge is 0.342 e. The highest BCUT2D eigenvalue weighted by Gasteiger charge is 2.17. The lowest BCUT2D eigenvalue weighted by atomic mass is 10.1. The Labute approximate surface area is 140 Å². The molecule has 0 aliphatic carbocycles. The maximum atomic E-state index is 12.6. The second kappa shape index (κ2) is 7.04. The van der Waals surface area contributed by atoms with Crippen LogP contribution in [-0.4, -0.2) is 25.4 Å². The summed E-state index contributed by atoms with van der Waals surface area (Å²) >= 11 is 0. The van der Waals surface area contributed by atoms with Gasteiger partial charge in [-0.05, 0) is 25.5 Å². The Bertz CT molecular complexity index is 794. The molecule has 0 bridgehead atoms. The zero-order valence-corrected chi connectivity index (χ0v) is 13.7. The number of hydrogen-bond acceptors (Lipinski definition) is 4. The molecule has 0 radical (unpaired) electrons. The van der Waals surface area contributed by atoms with Crippen molar-refractivity contribution in [3.8, 4) is 0 Å². The van der Waals surface area contributed by atoms with E-state index in [4.69, 9.17) is 0 Å². The predicted molar refractivity (Wildman–Crippen MR) is 90.4 cm³/mol. The number of benzene rings is 1. The molecule has 6 heteroatoms. The zero-order chi connectivity index (χ0) is 16.9. The normalized spacial score (nSPS) is 11.9. The molecule has 0 aliphatic rings. The van der Waals surface area contributed by atoms with E-state index >= 15 is 0 Å². The molecule has 1 N–H and O–H groups in total. The molecule has 1 aromatic carbocycles. The quantitative estimate of drug-likeness (QED) is 0.783. The number of rotatable bonds is 5. The number of imidazole rings is 1. The second-order valence-corrected chi connectivity index (χ2v) is 5.64. The van der Waals surface area contributed by atoms with Gasteiger partial charge in [-0.25, -0.2) is 15.0 Å². The van der Waals surface area contributed by atoms with Crippen LogP contribution >= 0.6 is 0 Å². The van der Waals surface area contributed by atoms with Crippen molar-refractivity contribution in [2.45, 2.75) is 26.4 Å². The molecule has 6 nitrogen and oxygen atoms in total. The van der Waals surface area contributed by atoms with Crippen LogP contribution in [-0.2, 0) is 6.54 Å². The lowest BCUT2D eigenvalue weighted by Gasteiger charge is -2.19. The Hall–Kier alpha value is -3.02. The lowest BCUT2D eigenvalue weighted by molar-refractivity contribution is 0.0927. The minimum Gasteiger partial charge on any atom is -0.342 e. The van der Waals surface area contributed by atoms with E-state index in [1.165, 1.54) is 0 Å². The number of nitrogens with zero attached hydrogens (tertiary/aromatic N) is 4. The number of nitrogens with one attached hydrogen (secondary N) is 1. The van der Waals surface area contributed by atoms with Crippen LogP contribution < -0.4 is 5.32 Å². The van der Waals surface area contributed by atoms with Crippen LogP contribution in [0, 0.1) is 13.8 Å². The summed E-state index contributed by atoms with van der Waals surface area (Å²) in [4.78, 5) is 25.1. The van der Waals surface area contributed by atoms with E-state index < -0.39 is 0 Å². The van der Waals surface area contributed by atoms with Crippen molar-refractivity contribution in [3.05, 3.63) is 77.9 Å². The first-order valence-electron chi connectivity index (χ1n) is 7.75. The molecule has 122 valence electrons. The molecule has 24 heavy (non-hydrogen) atoms. The van der Waals surface area contributed by atoms with Gasteiger partial charge in [-0.15, -0.1) is 0 Å². The van der Waals surface area contributed by atoms with Gasteiger partial charge in [0.1, 0.15) is 11.5 Å². The van der Waals surface area contributed by atoms with Gasteiger partial charge in [0.2, 0.25) is 0 Å². The summed E-state index contributed by atoms with van der Waals surface area (Å²) in [6.45, 7) is 4.23. The third kappa shape index (κ3) is 3.84. The van der Waals surface area contributed by atoms with E-state index in [2.05, 4.69) is 20.3 Å². The number of aromatic nitrogens is 4. The maximum Gasteiger partial charge on any atom is 0.270 e. The van der Waals surface area contributed by atoms with Gasteiger partial charge in [0, 0.05) is 24.6 Å². The summed E-state index contributed by atoms with van der Waals surface area (Å²) in [5.41, 5.74) is 2.19. The lowest BCUT2D eigenvalue weighted by Crippen LogP contribution is -2.32. The molecule has 0 aliphatic heterocycles. The highest BCUT2D eigenvalue weighted by atomic mass is 16.1. The average Bonchev–Trinajstić information content (AvgIpc) is 3.07. The van der Waals surface area contributed by atoms with Crippen molar-refractivity contribution in [3.63, 3.8) is 0 Å². The molecule has 0 fully saturated rings. The number of amides is 1. The van der Waals surface area contributed by atoms with Gasteiger partial charge in [0.05, 0.1) is 12.4 Å². The molecule has 1 unspecified atom stereocenters. The van der Waals surface area contributed by atoms with Crippen molar-refractivity contribution in [1.82, 2.24) is 24.8 Å². The minimum absolute atomic E-state index is 0.177. The van der Waals surface area contributed by atoms with Crippen molar-refractivity contribution in [1.29, 1.82) is 0 Å². The molecule has 0 spiro atoms. The summed E-state index contributed by atoms with van der Waals surface area (Å²) in [5, 5.41) is 3.06. The monoisotopic (exact) mass is 321 g/mol. The van der Waals surface area contributed by atoms with Crippen LogP contribution in [0.1, 0.15) is 33.6 Å². The van der Waals surface area contributed by atoms with E-state index in [9.17, 15) is 4.79 Å². The minimum atomic E-state index is -0.211. The summed E-state index contributed by atoms with van der Waals surface area (Å²) in [6.07, 6.45) is 5.34. The summed E-state index contributed by atoms with van der Waals surface area (Å²) in [7, 11) is 0. The Morgan fingerprint density at radius 1 is 1.21 bits per heavy atom. The Balaban J connectivity index is 1.84. The summed E-state index contributed by atoms with van der Waals surface area (Å²) < 4.78 is 1.94. The van der Waals surface area contributed by atoms with Gasteiger partial charge >= 0.3 is 0 Å². The second-order valence-electron chi connectivity index (χ2n) is 5.64. The predicted octanol–water partition coefficient (Wildman–Crippen LogP) is 2.46. The van der Waals surface area contributed by atoms with E-state index in [0.717, 1.165) is 11.3 Å². The van der Waals surface area contributed by atoms with Crippen molar-refractivity contribution < 1.29 is 4.79 Å². The SMILES string of the molecule is Cc1cc(C(=O)NC(Cn2ccnc2)c2ccccc2)nc(C)n1. The fourth-order valence-corrected chi connectivity index (χ4v) is 2.59. The van der Waals surface area contributed by atoms with Gasteiger partial charge in [0.25, 0.3) is 5.91 Å². The molecule has 2 aromatic heterocycles. The van der Waals surface area contributed by atoms with Crippen molar-refractivity contribution in [2.75, 3.05) is 0 Å². The molecule has 0 saturated heterocycles. The van der Waals surface area contributed by atoms with Gasteiger partial charge in [-0.1, -0.05) is 30.3 Å². The molecule has 1 amide bonds. The number of aryl methyl sites for hydroxylation is 2. The highest BCUT2D eigenvalue weighted by molar-refractivity contribution is 5.92. The number of hydrogen-bond donors (Lipinski definition) is 1. The van der Waals surface area contributed by atoms with Crippen molar-refractivity contribution in [2.24, 2.45) is 0 Å². The van der Waals surface area contributed by atoms with Crippen molar-refractivity contribution >= 4 is 5.91 Å². The van der Waals surface area contributed by atoms with E-state index in [1.807, 2.05) is 48.0 Å². The van der Waals surface area contributed by atoms with E-state index in [0.29, 0.717) is 18.1 Å². The topological polar surface area (TPSA) is 72.7 Å². The van der Waals surface area contributed by atoms with Crippen LogP contribution in [0.15, 0.2) is 55.1 Å². The first-order chi connectivity index (χ1) is 11.6. The Morgan fingerprint density at radius 3 is 2.67 bits per heavy atom. The molecule has 0 saturated carbocycles. The molecular weight excluding hydrogens is 302 g/mol. The van der Waals surface area contributed by atoms with Crippen LogP contribution in [0.3, 0.4) is 0 Å². The molecule has 2 heterocycles. The number of carbonyl (C=O) groups is 1. The third-order valence-corrected chi connectivity index (χ3v) is 3.66. The molecule has 3 rings (SSSR count). The highest BCUT2D eigenvalue weighted by Crippen LogP contribution is 2.16. The first kappa shape index (κ1) is 15.9. The Kier molecular flexibility index (Phi) is 4.65. The van der Waals surface area contributed by atoms with Crippen LogP contribution in [0.4, 0.5) is 0 Å². The average molecular weight is 321 g/mol. The first-order valence-corrected chi connectivity index (χ1v) is 7.75. The molecule has 3 aromatic rings. The fraction of sp³-hybridized carbons (Fsp3) is 0.222. The van der Waals surface area contributed by atoms with Gasteiger partial charge < -0.3 is 9.88 Å². The van der Waals surface area contributed by atoms with Crippen LogP contribution in [0.25, 0.3) is 0 Å². The fourth-order valence-electron chi connectivity index (χ4n) is 2.59. The van der Waals surface area contributed by atoms with E-state index in [1.54, 1.807) is 25.5 Å².